The number of carbonyl (C=O) groups excluding carboxylic acids is 1. The van der Waals surface area contributed by atoms with Crippen LogP contribution in [0.25, 0.3) is 6.08 Å². The van der Waals surface area contributed by atoms with Crippen LogP contribution >= 0.6 is 11.6 Å². The summed E-state index contributed by atoms with van der Waals surface area (Å²) in [5, 5.41) is 4.41. The molecule has 0 saturated heterocycles. The lowest BCUT2D eigenvalue weighted by Gasteiger charge is -2.12. The van der Waals surface area contributed by atoms with Gasteiger partial charge in [-0.15, -0.1) is 0 Å². The Bertz CT molecular complexity index is 1210. The third-order valence-corrected chi connectivity index (χ3v) is 5.80. The molecule has 0 heterocycles. The van der Waals surface area contributed by atoms with E-state index < -0.39 is 10.0 Å². The number of benzene rings is 3. The van der Waals surface area contributed by atoms with Crippen molar-refractivity contribution < 1.29 is 17.9 Å². The van der Waals surface area contributed by atoms with Crippen molar-refractivity contribution in [2.75, 3.05) is 17.1 Å². The second-order valence-electron chi connectivity index (χ2n) is 6.69. The van der Waals surface area contributed by atoms with Gasteiger partial charge in [0, 0.05) is 22.3 Å². The minimum atomic E-state index is -3.69. The number of nitrogens with one attached hydrogen (secondary N) is 2. The van der Waals surface area contributed by atoms with Crippen LogP contribution in [0, 0.1) is 6.92 Å². The Hall–Kier alpha value is -3.29. The van der Waals surface area contributed by atoms with Crippen LogP contribution < -0.4 is 14.8 Å². The maximum absolute atomic E-state index is 12.6. The second kappa shape index (κ2) is 9.68. The number of ether oxygens (including phenoxy) is 1. The summed E-state index contributed by atoms with van der Waals surface area (Å²) in [4.78, 5) is 12.6. The van der Waals surface area contributed by atoms with Crippen molar-refractivity contribution >= 4 is 45.0 Å². The number of hydrogen-bond acceptors (Lipinski definition) is 4. The van der Waals surface area contributed by atoms with Gasteiger partial charge in [-0.3, -0.25) is 9.52 Å². The summed E-state index contributed by atoms with van der Waals surface area (Å²) in [6.07, 6.45) is 1.51. The van der Waals surface area contributed by atoms with Crippen LogP contribution in [0.4, 0.5) is 11.4 Å². The first-order valence-electron chi connectivity index (χ1n) is 9.29. The van der Waals surface area contributed by atoms with Crippen molar-refractivity contribution in [1.82, 2.24) is 0 Å². The molecule has 8 heteroatoms. The molecular formula is C23H21ClN2O4S. The second-order valence-corrected chi connectivity index (χ2v) is 8.67. The molecule has 0 aliphatic rings. The van der Waals surface area contributed by atoms with Crippen LogP contribution in [-0.2, 0) is 10.0 Å². The molecule has 0 radical (unpaired) electrons. The molecule has 31 heavy (non-hydrogen) atoms. The van der Waals surface area contributed by atoms with Gasteiger partial charge in [0.2, 0.25) is 0 Å². The van der Waals surface area contributed by atoms with E-state index in [1.165, 1.54) is 37.5 Å². The average molecular weight is 457 g/mol. The van der Waals surface area contributed by atoms with Crippen LogP contribution in [0.5, 0.6) is 5.75 Å². The number of carbonyl (C=O) groups is 1. The van der Waals surface area contributed by atoms with E-state index in [0.29, 0.717) is 27.7 Å². The van der Waals surface area contributed by atoms with Gasteiger partial charge in [-0.05, 0) is 54.5 Å². The Morgan fingerprint density at radius 2 is 1.71 bits per heavy atom. The summed E-state index contributed by atoms with van der Waals surface area (Å²) in [7, 11) is -2.20. The molecule has 0 atom stereocenters. The monoisotopic (exact) mass is 456 g/mol. The Morgan fingerprint density at radius 1 is 1.03 bits per heavy atom. The minimum absolute atomic E-state index is 0.342. The van der Waals surface area contributed by atoms with E-state index in [9.17, 15) is 13.2 Å². The van der Waals surface area contributed by atoms with E-state index >= 15 is 0 Å². The van der Waals surface area contributed by atoms with Gasteiger partial charge < -0.3 is 10.1 Å². The fourth-order valence-electron chi connectivity index (χ4n) is 2.74. The number of aryl methyl sites for hydroxylation is 1. The van der Waals surface area contributed by atoms with E-state index in [0.717, 1.165) is 16.5 Å². The van der Waals surface area contributed by atoms with Gasteiger partial charge in [-0.25, -0.2) is 8.42 Å². The highest BCUT2D eigenvalue weighted by atomic mass is 35.5. The van der Waals surface area contributed by atoms with Gasteiger partial charge in [0.25, 0.3) is 15.9 Å². The van der Waals surface area contributed by atoms with Crippen molar-refractivity contribution in [2.45, 2.75) is 6.92 Å². The van der Waals surface area contributed by atoms with Crippen LogP contribution in [0.1, 0.15) is 21.5 Å². The number of halogens is 1. The maximum Gasteiger partial charge on any atom is 0.255 e. The Balaban J connectivity index is 1.69. The first-order chi connectivity index (χ1) is 14.8. The summed E-state index contributed by atoms with van der Waals surface area (Å²) >= 11 is 6.09. The number of rotatable bonds is 7. The molecule has 0 aromatic heterocycles. The van der Waals surface area contributed by atoms with Gasteiger partial charge in [0.15, 0.2) is 0 Å². The molecule has 3 rings (SSSR count). The normalized spacial score (nSPS) is 11.3. The largest absolute Gasteiger partial charge is 0.495 e. The molecule has 0 bridgehead atoms. The van der Waals surface area contributed by atoms with Crippen molar-refractivity contribution in [1.29, 1.82) is 0 Å². The van der Waals surface area contributed by atoms with Crippen LogP contribution in [0.15, 0.2) is 72.1 Å². The Morgan fingerprint density at radius 3 is 2.35 bits per heavy atom. The highest BCUT2D eigenvalue weighted by molar-refractivity contribution is 7.95. The van der Waals surface area contributed by atoms with Gasteiger partial charge >= 0.3 is 0 Å². The van der Waals surface area contributed by atoms with Gasteiger partial charge in [-0.2, -0.15) is 0 Å². The highest BCUT2D eigenvalue weighted by Crippen LogP contribution is 2.31. The molecule has 2 N–H and O–H groups in total. The highest BCUT2D eigenvalue weighted by Gasteiger charge is 2.13. The van der Waals surface area contributed by atoms with Crippen LogP contribution in [0.3, 0.4) is 0 Å². The van der Waals surface area contributed by atoms with Gasteiger partial charge in [0.1, 0.15) is 5.75 Å². The third kappa shape index (κ3) is 6.10. The molecule has 0 aliphatic carbocycles. The number of sulfonamides is 1. The van der Waals surface area contributed by atoms with E-state index in [-0.39, 0.29) is 5.91 Å². The summed E-state index contributed by atoms with van der Waals surface area (Å²) in [5.74, 6) is 0.0805. The predicted molar refractivity (Wildman–Crippen MR) is 125 cm³/mol. The van der Waals surface area contributed by atoms with E-state index in [1.807, 2.05) is 25.1 Å². The SMILES string of the molecule is COc1cc(Cl)c(C)cc1NC(=O)c1ccc(NS(=O)(=O)/C=C/c2ccccc2)cc1. The topological polar surface area (TPSA) is 84.5 Å². The van der Waals surface area contributed by atoms with E-state index in [1.54, 1.807) is 24.3 Å². The number of amides is 1. The lowest BCUT2D eigenvalue weighted by molar-refractivity contribution is 0.102. The van der Waals surface area contributed by atoms with Crippen molar-refractivity contribution in [3.8, 4) is 5.75 Å². The molecule has 3 aromatic rings. The maximum atomic E-state index is 12.6. The molecule has 0 spiro atoms. The molecule has 160 valence electrons. The zero-order chi connectivity index (χ0) is 22.4. The Kier molecular flexibility index (Phi) is 6.99. The summed E-state index contributed by atoms with van der Waals surface area (Å²) < 4.78 is 32.2. The molecule has 6 nitrogen and oxygen atoms in total. The molecule has 1 amide bonds. The van der Waals surface area contributed by atoms with Crippen LogP contribution in [-0.4, -0.2) is 21.4 Å². The van der Waals surface area contributed by atoms with Crippen molar-refractivity contribution in [3.05, 3.63) is 93.9 Å². The lowest BCUT2D eigenvalue weighted by atomic mass is 10.1. The zero-order valence-corrected chi connectivity index (χ0v) is 18.5. The van der Waals surface area contributed by atoms with E-state index in [4.69, 9.17) is 16.3 Å². The third-order valence-electron chi connectivity index (χ3n) is 4.38. The number of methoxy groups -OCH3 is 1. The minimum Gasteiger partial charge on any atom is -0.495 e. The zero-order valence-electron chi connectivity index (χ0n) is 16.9. The Labute approximate surface area is 186 Å². The molecule has 0 fully saturated rings. The number of anilines is 2. The van der Waals surface area contributed by atoms with Crippen LogP contribution in [0.2, 0.25) is 5.02 Å². The van der Waals surface area contributed by atoms with Crippen molar-refractivity contribution in [2.24, 2.45) is 0 Å². The summed E-state index contributed by atoms with van der Waals surface area (Å²) in [6.45, 7) is 1.82. The molecule has 0 unspecified atom stereocenters. The molecule has 0 saturated carbocycles. The molecule has 0 aliphatic heterocycles. The smallest absolute Gasteiger partial charge is 0.255 e. The quantitative estimate of drug-likeness (QED) is 0.503. The average Bonchev–Trinajstić information content (AvgIpc) is 2.75. The first kappa shape index (κ1) is 22.4. The number of hydrogen-bond donors (Lipinski definition) is 2. The predicted octanol–water partition coefficient (Wildman–Crippen LogP) is 5.32. The fraction of sp³-hybridized carbons (Fsp3) is 0.0870. The fourth-order valence-corrected chi connectivity index (χ4v) is 3.77. The lowest BCUT2D eigenvalue weighted by Crippen LogP contribution is -2.13. The van der Waals surface area contributed by atoms with Crippen molar-refractivity contribution in [3.63, 3.8) is 0 Å². The molecule has 3 aromatic carbocycles. The standard InChI is InChI=1S/C23H21ClN2O4S/c1-16-14-21(22(30-2)15-20(16)24)25-23(27)18-8-10-19(11-9-18)26-31(28,29)13-12-17-6-4-3-5-7-17/h3-15,26H,1-2H3,(H,25,27)/b13-12+. The van der Waals surface area contributed by atoms with Gasteiger partial charge in [-0.1, -0.05) is 41.9 Å². The molecular weight excluding hydrogens is 436 g/mol. The van der Waals surface area contributed by atoms with E-state index in [2.05, 4.69) is 10.0 Å². The van der Waals surface area contributed by atoms with Gasteiger partial charge in [0.05, 0.1) is 18.2 Å². The summed E-state index contributed by atoms with van der Waals surface area (Å²) in [5.41, 5.74) is 2.76. The summed E-state index contributed by atoms with van der Waals surface area (Å²) in [6, 6.07) is 18.6. The first-order valence-corrected chi connectivity index (χ1v) is 11.2.